The fourth-order valence-corrected chi connectivity index (χ4v) is 6.66. The average Bonchev–Trinajstić information content (AvgIpc) is 3.35. The van der Waals surface area contributed by atoms with E-state index in [1.807, 2.05) is 10.6 Å². The molecule has 2 fully saturated rings. The van der Waals surface area contributed by atoms with E-state index in [0.717, 1.165) is 31.3 Å². The Morgan fingerprint density at radius 1 is 1.00 bits per heavy atom. The van der Waals surface area contributed by atoms with Crippen molar-refractivity contribution in [3.63, 3.8) is 0 Å². The number of nitrogens with zero attached hydrogens (tertiary/aromatic N) is 6. The van der Waals surface area contributed by atoms with Crippen molar-refractivity contribution >= 4 is 33.0 Å². The molecule has 0 unspecified atom stereocenters. The second-order valence-electron chi connectivity index (χ2n) is 10.5. The van der Waals surface area contributed by atoms with Crippen LogP contribution in [0.1, 0.15) is 64.0 Å². The Morgan fingerprint density at radius 3 is 2.29 bits per heavy atom. The summed E-state index contributed by atoms with van der Waals surface area (Å²) >= 11 is 0. The molecule has 12 heteroatoms. The fraction of sp³-hybridized carbons (Fsp3) is 0.538. The highest BCUT2D eigenvalue weighted by Crippen LogP contribution is 2.28. The van der Waals surface area contributed by atoms with Crippen molar-refractivity contribution in [1.82, 2.24) is 23.8 Å². The number of sulfonamides is 1. The number of hydrogen-bond acceptors (Lipinski definition) is 9. The van der Waals surface area contributed by atoms with E-state index >= 15 is 0 Å². The lowest BCUT2D eigenvalue weighted by Crippen LogP contribution is -2.42. The van der Waals surface area contributed by atoms with Gasteiger partial charge in [-0.15, -0.1) is 0 Å². The van der Waals surface area contributed by atoms with Gasteiger partial charge in [-0.1, -0.05) is 0 Å². The highest BCUT2D eigenvalue weighted by atomic mass is 32.2. The summed E-state index contributed by atoms with van der Waals surface area (Å²) in [5, 5.41) is 16.1. The summed E-state index contributed by atoms with van der Waals surface area (Å²) < 4.78 is 29.8. The van der Waals surface area contributed by atoms with Gasteiger partial charge in [-0.2, -0.15) is 19.5 Å². The smallest absolute Gasteiger partial charge is 0.243 e. The summed E-state index contributed by atoms with van der Waals surface area (Å²) in [6.45, 7) is 4.97. The molecule has 202 valence electrons. The molecule has 0 radical (unpaired) electrons. The first kappa shape index (κ1) is 26.3. The average molecular weight is 538 g/mol. The first-order valence-electron chi connectivity index (χ1n) is 13.3. The summed E-state index contributed by atoms with van der Waals surface area (Å²) in [7, 11) is -3.62. The van der Waals surface area contributed by atoms with Crippen molar-refractivity contribution < 1.29 is 8.42 Å². The SMILES string of the molecule is CC(C)n1cnc2c(NC3CCN(S(=O)(=O)c4ccc(C#N)cc4)CC3)nc(N[C@H]3CC[C@H](N)CC3)nc21. The van der Waals surface area contributed by atoms with Crippen LogP contribution in [-0.2, 0) is 10.0 Å². The standard InChI is InChI=1S/C26H35N9O2S/c1-17(2)35-16-29-23-24(32-26(33-25(23)35)31-20-7-5-19(28)6-8-20)30-21-11-13-34(14-12-21)38(36,37)22-9-3-18(15-27)4-10-22/h3-4,9-10,16-17,19-21H,5-8,11-14,28H2,1-2H3,(H2,30,31,32,33)/t19-,20-. The Morgan fingerprint density at radius 2 is 1.66 bits per heavy atom. The predicted molar refractivity (Wildman–Crippen MR) is 146 cm³/mol. The number of rotatable bonds is 7. The minimum atomic E-state index is -3.62. The van der Waals surface area contributed by atoms with E-state index in [2.05, 4.69) is 29.5 Å². The van der Waals surface area contributed by atoms with Crippen LogP contribution in [0, 0.1) is 11.3 Å². The number of nitrogens with two attached hydrogens (primary N) is 1. The maximum atomic E-state index is 13.1. The number of imidazole rings is 1. The number of nitrogens with one attached hydrogen (secondary N) is 2. The largest absolute Gasteiger partial charge is 0.365 e. The summed E-state index contributed by atoms with van der Waals surface area (Å²) in [5.41, 5.74) is 8.00. The molecule has 1 saturated heterocycles. The molecule has 1 saturated carbocycles. The molecule has 11 nitrogen and oxygen atoms in total. The van der Waals surface area contributed by atoms with Crippen LogP contribution in [0.25, 0.3) is 11.2 Å². The van der Waals surface area contributed by atoms with E-state index in [1.54, 1.807) is 6.33 Å². The van der Waals surface area contributed by atoms with Crippen LogP contribution in [0.15, 0.2) is 35.5 Å². The second kappa shape index (κ2) is 10.8. The number of nitriles is 1. The molecule has 3 heterocycles. The third-order valence-electron chi connectivity index (χ3n) is 7.50. The zero-order valence-electron chi connectivity index (χ0n) is 21.8. The van der Waals surface area contributed by atoms with Gasteiger partial charge in [0, 0.05) is 37.3 Å². The van der Waals surface area contributed by atoms with Crippen LogP contribution in [0.2, 0.25) is 0 Å². The van der Waals surface area contributed by atoms with Gasteiger partial charge in [-0.25, -0.2) is 13.4 Å². The maximum Gasteiger partial charge on any atom is 0.243 e. The van der Waals surface area contributed by atoms with Gasteiger partial charge in [0.2, 0.25) is 16.0 Å². The molecule has 0 atom stereocenters. The van der Waals surface area contributed by atoms with Crippen LogP contribution in [0.5, 0.6) is 0 Å². The number of fused-ring (bicyclic) bond motifs is 1. The Labute approximate surface area is 223 Å². The first-order chi connectivity index (χ1) is 18.2. The van der Waals surface area contributed by atoms with Gasteiger partial charge in [0.1, 0.15) is 0 Å². The summed E-state index contributed by atoms with van der Waals surface area (Å²) in [6, 6.07) is 8.87. The van der Waals surface area contributed by atoms with Gasteiger partial charge in [0.25, 0.3) is 0 Å². The Hall–Kier alpha value is -3.27. The molecule has 0 bridgehead atoms. The molecular formula is C26H35N9O2S. The molecule has 3 aromatic rings. The summed E-state index contributed by atoms with van der Waals surface area (Å²) in [5.74, 6) is 1.24. The van der Waals surface area contributed by atoms with Crippen molar-refractivity contribution in [2.75, 3.05) is 23.7 Å². The summed E-state index contributed by atoms with van der Waals surface area (Å²) in [6.07, 6.45) is 7.01. The minimum Gasteiger partial charge on any atom is -0.365 e. The van der Waals surface area contributed by atoms with Crippen molar-refractivity contribution in [2.24, 2.45) is 5.73 Å². The van der Waals surface area contributed by atoms with E-state index in [0.29, 0.717) is 48.8 Å². The van der Waals surface area contributed by atoms with E-state index in [1.165, 1.54) is 28.6 Å². The quantitative estimate of drug-likeness (QED) is 0.412. The number of benzene rings is 1. The monoisotopic (exact) mass is 537 g/mol. The third-order valence-corrected chi connectivity index (χ3v) is 9.41. The van der Waals surface area contributed by atoms with E-state index in [-0.39, 0.29) is 29.1 Å². The molecule has 0 amide bonds. The molecule has 2 aromatic heterocycles. The first-order valence-corrected chi connectivity index (χ1v) is 14.7. The zero-order valence-corrected chi connectivity index (χ0v) is 22.7. The van der Waals surface area contributed by atoms with Crippen LogP contribution in [-0.4, -0.2) is 63.5 Å². The van der Waals surface area contributed by atoms with Gasteiger partial charge in [-0.3, -0.25) is 0 Å². The Kier molecular flexibility index (Phi) is 7.52. The van der Waals surface area contributed by atoms with Gasteiger partial charge in [-0.05, 0) is 76.6 Å². The van der Waals surface area contributed by atoms with Crippen molar-refractivity contribution in [3.8, 4) is 6.07 Å². The molecule has 1 aromatic carbocycles. The van der Waals surface area contributed by atoms with Gasteiger partial charge < -0.3 is 20.9 Å². The fourth-order valence-electron chi connectivity index (χ4n) is 5.19. The lowest BCUT2D eigenvalue weighted by Gasteiger charge is -2.32. The number of piperidine rings is 1. The topological polar surface area (TPSA) is 155 Å². The molecule has 0 spiro atoms. The summed E-state index contributed by atoms with van der Waals surface area (Å²) in [4.78, 5) is 14.4. The van der Waals surface area contributed by atoms with Gasteiger partial charge >= 0.3 is 0 Å². The molecule has 1 aliphatic heterocycles. The number of hydrogen-bond donors (Lipinski definition) is 3. The Bertz CT molecular complexity index is 1410. The highest BCUT2D eigenvalue weighted by Gasteiger charge is 2.30. The van der Waals surface area contributed by atoms with Crippen molar-refractivity contribution in [1.29, 1.82) is 5.26 Å². The van der Waals surface area contributed by atoms with Crippen LogP contribution >= 0.6 is 0 Å². The molecule has 4 N–H and O–H groups in total. The Balaban J connectivity index is 1.32. The lowest BCUT2D eigenvalue weighted by molar-refractivity contribution is 0.329. The molecule has 38 heavy (non-hydrogen) atoms. The second-order valence-corrected chi connectivity index (χ2v) is 12.5. The lowest BCUT2D eigenvalue weighted by atomic mass is 9.92. The number of anilines is 2. The molecular weight excluding hydrogens is 502 g/mol. The van der Waals surface area contributed by atoms with E-state index in [9.17, 15) is 8.42 Å². The van der Waals surface area contributed by atoms with Gasteiger partial charge in [0.15, 0.2) is 17.0 Å². The molecule has 2 aliphatic rings. The zero-order chi connectivity index (χ0) is 26.9. The van der Waals surface area contributed by atoms with E-state index in [4.69, 9.17) is 21.0 Å². The predicted octanol–water partition coefficient (Wildman–Crippen LogP) is 3.23. The van der Waals surface area contributed by atoms with Crippen molar-refractivity contribution in [2.45, 2.75) is 81.4 Å². The molecule has 5 rings (SSSR count). The van der Waals surface area contributed by atoms with E-state index < -0.39 is 10.0 Å². The van der Waals surface area contributed by atoms with Crippen molar-refractivity contribution in [3.05, 3.63) is 36.2 Å². The maximum absolute atomic E-state index is 13.1. The highest BCUT2D eigenvalue weighted by molar-refractivity contribution is 7.89. The van der Waals surface area contributed by atoms with Gasteiger partial charge in [0.05, 0.1) is 22.9 Å². The van der Waals surface area contributed by atoms with Crippen LogP contribution in [0.4, 0.5) is 11.8 Å². The third kappa shape index (κ3) is 5.45. The molecule has 1 aliphatic carbocycles. The normalized spacial score (nSPS) is 21.4. The minimum absolute atomic E-state index is 0.0465. The van der Waals surface area contributed by atoms with Crippen LogP contribution < -0.4 is 16.4 Å². The number of aromatic nitrogens is 4. The van der Waals surface area contributed by atoms with Crippen LogP contribution in [0.3, 0.4) is 0 Å².